The minimum Gasteiger partial charge on any atom is -0.431 e. The number of nitrogens with zero attached hydrogens (tertiary/aromatic N) is 1. The molecular formula is C21H26N2O3. The van der Waals surface area contributed by atoms with Crippen LogP contribution in [0, 0.1) is 0 Å². The van der Waals surface area contributed by atoms with Gasteiger partial charge in [-0.3, -0.25) is 4.79 Å². The lowest BCUT2D eigenvalue weighted by atomic mass is 10.1. The molecule has 1 N–H and O–H groups in total. The van der Waals surface area contributed by atoms with E-state index in [2.05, 4.69) is 5.32 Å². The second-order valence-electron chi connectivity index (χ2n) is 7.25. The number of alkyl carbamates (subject to hydrolysis) is 1. The highest BCUT2D eigenvalue weighted by Gasteiger charge is 2.29. The summed E-state index contributed by atoms with van der Waals surface area (Å²) in [6, 6.07) is 18.7. The number of nitrogens with one attached hydrogen (secondary N) is 1. The van der Waals surface area contributed by atoms with Gasteiger partial charge in [0.25, 0.3) is 5.91 Å². The van der Waals surface area contributed by atoms with Gasteiger partial charge in [0.05, 0.1) is 0 Å². The zero-order valence-electron chi connectivity index (χ0n) is 15.7. The molecule has 0 aliphatic heterocycles. The number of hydrogen-bond donors (Lipinski definition) is 1. The summed E-state index contributed by atoms with van der Waals surface area (Å²) in [7, 11) is 1.70. The third-order valence-corrected chi connectivity index (χ3v) is 3.67. The van der Waals surface area contributed by atoms with E-state index in [1.807, 2.05) is 69.3 Å². The van der Waals surface area contributed by atoms with Gasteiger partial charge < -0.3 is 15.0 Å². The fourth-order valence-corrected chi connectivity index (χ4v) is 2.47. The maximum atomic E-state index is 13.0. The SMILES string of the molecule is CN(Cc1ccccc1)C(=O)C(OC(=O)NC(C)(C)C)c1ccccc1. The summed E-state index contributed by atoms with van der Waals surface area (Å²) in [5, 5.41) is 2.73. The molecule has 0 aromatic heterocycles. The van der Waals surface area contributed by atoms with E-state index in [1.54, 1.807) is 24.1 Å². The molecule has 1 atom stereocenters. The van der Waals surface area contributed by atoms with E-state index in [0.717, 1.165) is 5.56 Å². The molecule has 26 heavy (non-hydrogen) atoms. The van der Waals surface area contributed by atoms with Crippen LogP contribution in [-0.4, -0.2) is 29.5 Å². The fourth-order valence-electron chi connectivity index (χ4n) is 2.47. The van der Waals surface area contributed by atoms with Crippen LogP contribution >= 0.6 is 0 Å². The normalized spacial score (nSPS) is 12.2. The van der Waals surface area contributed by atoms with Crippen LogP contribution in [0.3, 0.4) is 0 Å². The van der Waals surface area contributed by atoms with E-state index in [0.29, 0.717) is 12.1 Å². The van der Waals surface area contributed by atoms with E-state index < -0.39 is 17.7 Å². The van der Waals surface area contributed by atoms with Crippen LogP contribution in [0.1, 0.15) is 38.0 Å². The van der Waals surface area contributed by atoms with Crippen LogP contribution in [0.25, 0.3) is 0 Å². The van der Waals surface area contributed by atoms with E-state index in [-0.39, 0.29) is 5.91 Å². The molecule has 2 rings (SSSR count). The molecule has 138 valence electrons. The Labute approximate surface area is 155 Å². The predicted molar refractivity (Wildman–Crippen MR) is 101 cm³/mol. The van der Waals surface area contributed by atoms with Crippen LogP contribution in [0.5, 0.6) is 0 Å². The lowest BCUT2D eigenvalue weighted by Gasteiger charge is -2.26. The highest BCUT2D eigenvalue weighted by molar-refractivity contribution is 5.84. The maximum Gasteiger partial charge on any atom is 0.408 e. The Hall–Kier alpha value is -2.82. The van der Waals surface area contributed by atoms with Crippen molar-refractivity contribution in [3.8, 4) is 0 Å². The van der Waals surface area contributed by atoms with Crippen LogP contribution in [0.15, 0.2) is 60.7 Å². The first kappa shape index (κ1) is 19.5. The van der Waals surface area contributed by atoms with Gasteiger partial charge in [-0.05, 0) is 26.3 Å². The summed E-state index contributed by atoms with van der Waals surface area (Å²) in [6.45, 7) is 6.01. The van der Waals surface area contributed by atoms with Crippen LogP contribution in [0.2, 0.25) is 0 Å². The lowest BCUT2D eigenvalue weighted by Crippen LogP contribution is -2.43. The van der Waals surface area contributed by atoms with Gasteiger partial charge in [-0.15, -0.1) is 0 Å². The molecule has 0 spiro atoms. The first-order valence-corrected chi connectivity index (χ1v) is 8.59. The van der Waals surface area contributed by atoms with Gasteiger partial charge in [-0.25, -0.2) is 4.79 Å². The summed E-state index contributed by atoms with van der Waals surface area (Å²) in [6.07, 6.45) is -1.61. The van der Waals surface area contributed by atoms with Crippen LogP contribution in [0.4, 0.5) is 4.79 Å². The summed E-state index contributed by atoms with van der Waals surface area (Å²) in [5.41, 5.74) is 1.20. The number of likely N-dealkylation sites (N-methyl/N-ethyl adjacent to an activating group) is 1. The van der Waals surface area contributed by atoms with Crippen LogP contribution < -0.4 is 5.32 Å². The Kier molecular flexibility index (Phi) is 6.39. The van der Waals surface area contributed by atoms with Crippen molar-refractivity contribution in [2.75, 3.05) is 7.05 Å². The van der Waals surface area contributed by atoms with Crippen molar-refractivity contribution >= 4 is 12.0 Å². The predicted octanol–water partition coefficient (Wildman–Crippen LogP) is 3.91. The van der Waals surface area contributed by atoms with Gasteiger partial charge in [0.15, 0.2) is 0 Å². The van der Waals surface area contributed by atoms with Crippen molar-refractivity contribution in [1.82, 2.24) is 10.2 Å². The maximum absolute atomic E-state index is 13.0. The van der Waals surface area contributed by atoms with E-state index in [4.69, 9.17) is 4.74 Å². The van der Waals surface area contributed by atoms with Crippen molar-refractivity contribution in [2.24, 2.45) is 0 Å². The second kappa shape index (κ2) is 8.52. The summed E-state index contributed by atoms with van der Waals surface area (Å²) in [4.78, 5) is 26.8. The summed E-state index contributed by atoms with van der Waals surface area (Å²) in [5.74, 6) is -0.274. The average Bonchev–Trinajstić information content (AvgIpc) is 2.59. The van der Waals surface area contributed by atoms with Crippen molar-refractivity contribution in [3.05, 3.63) is 71.8 Å². The molecule has 0 fully saturated rings. The smallest absolute Gasteiger partial charge is 0.408 e. The molecule has 2 amide bonds. The summed E-state index contributed by atoms with van der Waals surface area (Å²) >= 11 is 0. The van der Waals surface area contributed by atoms with Crippen molar-refractivity contribution in [3.63, 3.8) is 0 Å². The van der Waals surface area contributed by atoms with Crippen molar-refractivity contribution in [2.45, 2.75) is 39.0 Å². The minimum atomic E-state index is -0.993. The van der Waals surface area contributed by atoms with Gasteiger partial charge in [-0.2, -0.15) is 0 Å². The van der Waals surface area contributed by atoms with Gasteiger partial charge in [-0.1, -0.05) is 60.7 Å². The first-order valence-electron chi connectivity index (χ1n) is 8.59. The van der Waals surface area contributed by atoms with Gasteiger partial charge in [0.1, 0.15) is 0 Å². The molecule has 2 aromatic carbocycles. The lowest BCUT2D eigenvalue weighted by molar-refractivity contribution is -0.140. The molecule has 0 saturated heterocycles. The average molecular weight is 354 g/mol. The number of carbonyl (C=O) groups excluding carboxylic acids is 2. The molecule has 2 aromatic rings. The molecule has 0 heterocycles. The fraction of sp³-hybridized carbons (Fsp3) is 0.333. The molecule has 5 heteroatoms. The van der Waals surface area contributed by atoms with Crippen LogP contribution in [-0.2, 0) is 16.1 Å². The van der Waals surface area contributed by atoms with Gasteiger partial charge in [0.2, 0.25) is 6.10 Å². The Morgan fingerprint density at radius 3 is 2.08 bits per heavy atom. The Morgan fingerprint density at radius 1 is 1.00 bits per heavy atom. The standard InChI is InChI=1S/C21H26N2O3/c1-21(2,3)22-20(25)26-18(17-13-9-6-10-14-17)19(24)23(4)15-16-11-7-5-8-12-16/h5-14,18H,15H2,1-4H3,(H,22,25). The molecule has 1 unspecified atom stereocenters. The molecule has 0 saturated carbocycles. The first-order chi connectivity index (χ1) is 12.3. The zero-order valence-corrected chi connectivity index (χ0v) is 15.7. The van der Waals surface area contributed by atoms with E-state index in [1.165, 1.54) is 0 Å². The highest BCUT2D eigenvalue weighted by Crippen LogP contribution is 2.21. The van der Waals surface area contributed by atoms with E-state index in [9.17, 15) is 9.59 Å². The highest BCUT2D eigenvalue weighted by atomic mass is 16.6. The van der Waals surface area contributed by atoms with E-state index >= 15 is 0 Å². The molecule has 0 aliphatic carbocycles. The molecule has 0 aliphatic rings. The Bertz CT molecular complexity index is 724. The number of benzene rings is 2. The van der Waals surface area contributed by atoms with Gasteiger partial charge >= 0.3 is 6.09 Å². The molecular weight excluding hydrogens is 328 g/mol. The molecule has 0 radical (unpaired) electrons. The number of rotatable bonds is 5. The quantitative estimate of drug-likeness (QED) is 0.885. The largest absolute Gasteiger partial charge is 0.431 e. The number of ether oxygens (including phenoxy) is 1. The second-order valence-corrected chi connectivity index (χ2v) is 7.25. The Balaban J connectivity index is 2.17. The summed E-state index contributed by atoms with van der Waals surface area (Å²) < 4.78 is 5.49. The number of carbonyl (C=O) groups is 2. The Morgan fingerprint density at radius 2 is 1.54 bits per heavy atom. The zero-order chi connectivity index (χ0) is 19.2. The number of amides is 2. The monoisotopic (exact) mass is 354 g/mol. The van der Waals surface area contributed by atoms with Crippen molar-refractivity contribution < 1.29 is 14.3 Å². The third-order valence-electron chi connectivity index (χ3n) is 3.67. The molecule has 0 bridgehead atoms. The van der Waals surface area contributed by atoms with Crippen molar-refractivity contribution in [1.29, 1.82) is 0 Å². The number of hydrogen-bond acceptors (Lipinski definition) is 3. The van der Waals surface area contributed by atoms with Gasteiger partial charge in [0, 0.05) is 24.7 Å². The minimum absolute atomic E-state index is 0.274. The topological polar surface area (TPSA) is 58.6 Å². The third kappa shape index (κ3) is 5.92. The molecule has 5 nitrogen and oxygen atoms in total.